The van der Waals surface area contributed by atoms with Gasteiger partial charge in [0, 0.05) is 4.88 Å². The van der Waals surface area contributed by atoms with Gasteiger partial charge in [-0.15, -0.1) is 11.3 Å². The molecule has 0 radical (unpaired) electrons. The minimum atomic E-state index is -0.904. The summed E-state index contributed by atoms with van der Waals surface area (Å²) >= 11 is 1.41. The van der Waals surface area contributed by atoms with E-state index in [0.29, 0.717) is 5.56 Å². The summed E-state index contributed by atoms with van der Waals surface area (Å²) < 4.78 is 5.11. The number of ether oxygens (including phenoxy) is 1. The molecule has 0 atom stereocenters. The fraction of sp³-hybridized carbons (Fsp3) is 0.0833. The van der Waals surface area contributed by atoms with Gasteiger partial charge in [0.25, 0.3) is 0 Å². The first-order valence-corrected chi connectivity index (χ1v) is 5.55. The molecule has 0 unspecified atom stereocenters. The fourth-order valence-corrected chi connectivity index (χ4v) is 2.35. The summed E-state index contributed by atoms with van der Waals surface area (Å²) in [6, 6.07) is 9.00. The number of carboxylic acid groups (broad SMARTS) is 1. The van der Waals surface area contributed by atoms with E-state index in [4.69, 9.17) is 9.84 Å². The second-order valence-electron chi connectivity index (χ2n) is 3.20. The lowest BCUT2D eigenvalue weighted by atomic mass is 10.1. The summed E-state index contributed by atoms with van der Waals surface area (Å²) in [6.45, 7) is 0. The van der Waals surface area contributed by atoms with E-state index in [9.17, 15) is 4.79 Å². The van der Waals surface area contributed by atoms with Crippen molar-refractivity contribution in [3.8, 4) is 16.2 Å². The number of methoxy groups -OCH3 is 1. The second-order valence-corrected chi connectivity index (χ2v) is 4.12. The van der Waals surface area contributed by atoms with Crippen molar-refractivity contribution in [3.05, 3.63) is 41.3 Å². The summed E-state index contributed by atoms with van der Waals surface area (Å²) in [4.78, 5) is 11.7. The van der Waals surface area contributed by atoms with Gasteiger partial charge >= 0.3 is 5.97 Å². The Balaban J connectivity index is 2.50. The van der Waals surface area contributed by atoms with Gasteiger partial charge in [-0.2, -0.15) is 0 Å². The molecular formula is C12H10O3S. The Hall–Kier alpha value is -1.81. The molecule has 0 aliphatic heterocycles. The van der Waals surface area contributed by atoms with Crippen LogP contribution in [0.2, 0.25) is 0 Å². The van der Waals surface area contributed by atoms with Crippen molar-refractivity contribution < 1.29 is 14.6 Å². The highest BCUT2D eigenvalue weighted by Crippen LogP contribution is 2.31. The van der Waals surface area contributed by atoms with Crippen LogP contribution in [-0.2, 0) is 0 Å². The molecule has 1 heterocycles. The summed E-state index contributed by atoms with van der Waals surface area (Å²) in [6.07, 6.45) is 0. The maximum absolute atomic E-state index is 11.0. The number of hydrogen-bond donors (Lipinski definition) is 1. The number of carbonyl (C=O) groups is 1. The van der Waals surface area contributed by atoms with Crippen LogP contribution in [-0.4, -0.2) is 18.2 Å². The number of aromatic carboxylic acids is 1. The zero-order valence-corrected chi connectivity index (χ0v) is 9.45. The van der Waals surface area contributed by atoms with Crippen molar-refractivity contribution in [1.82, 2.24) is 0 Å². The maximum atomic E-state index is 11.0. The third-order valence-electron chi connectivity index (χ3n) is 2.23. The first-order valence-electron chi connectivity index (χ1n) is 4.67. The quantitative estimate of drug-likeness (QED) is 0.887. The van der Waals surface area contributed by atoms with Crippen molar-refractivity contribution in [2.75, 3.05) is 7.11 Å². The first-order chi connectivity index (χ1) is 7.72. The van der Waals surface area contributed by atoms with E-state index in [0.717, 1.165) is 16.2 Å². The molecule has 4 heteroatoms. The lowest BCUT2D eigenvalue weighted by molar-refractivity contribution is 0.0698. The highest BCUT2D eigenvalue weighted by molar-refractivity contribution is 7.14. The average molecular weight is 234 g/mol. The van der Waals surface area contributed by atoms with E-state index in [-0.39, 0.29) is 0 Å². The summed E-state index contributed by atoms with van der Waals surface area (Å²) in [7, 11) is 1.59. The van der Waals surface area contributed by atoms with Crippen LogP contribution in [0.25, 0.3) is 10.4 Å². The number of rotatable bonds is 3. The summed E-state index contributed by atoms with van der Waals surface area (Å²) in [5.41, 5.74) is 1.20. The van der Waals surface area contributed by atoms with Gasteiger partial charge in [-0.1, -0.05) is 12.1 Å². The van der Waals surface area contributed by atoms with Gasteiger partial charge in [-0.05, 0) is 29.1 Å². The maximum Gasteiger partial charge on any atom is 0.337 e. The minimum absolute atomic E-state index is 0.332. The van der Waals surface area contributed by atoms with Gasteiger partial charge in [0.1, 0.15) is 5.75 Å². The normalized spacial score (nSPS) is 10.1. The number of hydrogen-bond acceptors (Lipinski definition) is 3. The molecule has 0 saturated carbocycles. The number of thiophene rings is 1. The molecule has 1 aromatic heterocycles. The lowest BCUT2D eigenvalue weighted by Crippen LogP contribution is -1.95. The topological polar surface area (TPSA) is 46.5 Å². The molecule has 1 aromatic carbocycles. The van der Waals surface area contributed by atoms with Crippen LogP contribution < -0.4 is 4.74 Å². The molecule has 2 aromatic rings. The predicted molar refractivity (Wildman–Crippen MR) is 63.3 cm³/mol. The second kappa shape index (κ2) is 4.37. The van der Waals surface area contributed by atoms with Gasteiger partial charge in [-0.3, -0.25) is 0 Å². The molecule has 0 aliphatic carbocycles. The van der Waals surface area contributed by atoms with Crippen LogP contribution in [0.4, 0.5) is 0 Å². The van der Waals surface area contributed by atoms with Crippen LogP contribution >= 0.6 is 11.3 Å². The zero-order chi connectivity index (χ0) is 11.5. The first kappa shape index (κ1) is 10.7. The van der Waals surface area contributed by atoms with Gasteiger partial charge < -0.3 is 9.84 Å². The van der Waals surface area contributed by atoms with Crippen molar-refractivity contribution >= 4 is 17.3 Å². The Labute approximate surface area is 96.9 Å². The van der Waals surface area contributed by atoms with E-state index in [1.54, 1.807) is 18.6 Å². The molecule has 82 valence electrons. The van der Waals surface area contributed by atoms with E-state index in [2.05, 4.69) is 0 Å². The molecule has 1 N–H and O–H groups in total. The van der Waals surface area contributed by atoms with E-state index in [1.807, 2.05) is 24.3 Å². The van der Waals surface area contributed by atoms with Crippen LogP contribution in [0, 0.1) is 0 Å². The lowest BCUT2D eigenvalue weighted by Gasteiger charge is -2.03. The summed E-state index contributed by atoms with van der Waals surface area (Å²) in [5.74, 6) is -0.179. The number of carboxylic acids is 1. The fourth-order valence-electron chi connectivity index (χ4n) is 1.47. The molecule has 0 fully saturated rings. The van der Waals surface area contributed by atoms with Crippen LogP contribution in [0.1, 0.15) is 10.4 Å². The molecule has 0 spiro atoms. The Morgan fingerprint density at radius 1 is 1.38 bits per heavy atom. The molecule has 0 aliphatic rings. The van der Waals surface area contributed by atoms with E-state index < -0.39 is 5.97 Å². The predicted octanol–water partition coefficient (Wildman–Crippen LogP) is 3.12. The molecule has 2 rings (SSSR count). The summed E-state index contributed by atoms with van der Waals surface area (Å²) in [5, 5.41) is 10.8. The molecule has 0 amide bonds. The van der Waals surface area contributed by atoms with Gasteiger partial charge in [0.2, 0.25) is 0 Å². The SMILES string of the molecule is COc1cccc(-c2sccc2C(=O)O)c1. The Bertz CT molecular complexity index is 516. The smallest absolute Gasteiger partial charge is 0.337 e. The third-order valence-corrected chi connectivity index (χ3v) is 3.19. The van der Waals surface area contributed by atoms with Crippen molar-refractivity contribution in [3.63, 3.8) is 0 Å². The van der Waals surface area contributed by atoms with Crippen LogP contribution in [0.15, 0.2) is 35.7 Å². The highest BCUT2D eigenvalue weighted by Gasteiger charge is 2.13. The molecule has 3 nitrogen and oxygen atoms in total. The monoisotopic (exact) mass is 234 g/mol. The highest BCUT2D eigenvalue weighted by atomic mass is 32.1. The van der Waals surface area contributed by atoms with Crippen molar-refractivity contribution in [1.29, 1.82) is 0 Å². The standard InChI is InChI=1S/C12H10O3S/c1-15-9-4-2-3-8(7-9)11-10(12(13)14)5-6-16-11/h2-7H,1H3,(H,13,14). The minimum Gasteiger partial charge on any atom is -0.497 e. The average Bonchev–Trinajstić information content (AvgIpc) is 2.78. The Morgan fingerprint density at radius 3 is 2.88 bits per heavy atom. The van der Waals surface area contributed by atoms with E-state index in [1.165, 1.54) is 11.3 Å². The third kappa shape index (κ3) is 1.92. The molecule has 0 bridgehead atoms. The van der Waals surface area contributed by atoms with Crippen molar-refractivity contribution in [2.24, 2.45) is 0 Å². The number of benzene rings is 1. The largest absolute Gasteiger partial charge is 0.497 e. The van der Waals surface area contributed by atoms with E-state index >= 15 is 0 Å². The van der Waals surface area contributed by atoms with Crippen molar-refractivity contribution in [2.45, 2.75) is 0 Å². The Kier molecular flexibility index (Phi) is 2.92. The van der Waals surface area contributed by atoms with Gasteiger partial charge in [0.15, 0.2) is 0 Å². The Morgan fingerprint density at radius 2 is 2.19 bits per heavy atom. The molecule has 0 saturated heterocycles. The zero-order valence-electron chi connectivity index (χ0n) is 8.64. The van der Waals surface area contributed by atoms with Gasteiger partial charge in [0.05, 0.1) is 12.7 Å². The van der Waals surface area contributed by atoms with Crippen LogP contribution in [0.3, 0.4) is 0 Å². The molecular weight excluding hydrogens is 224 g/mol. The van der Waals surface area contributed by atoms with Crippen LogP contribution in [0.5, 0.6) is 5.75 Å². The molecule has 16 heavy (non-hydrogen) atoms. The van der Waals surface area contributed by atoms with Gasteiger partial charge in [-0.25, -0.2) is 4.79 Å².